The Kier molecular flexibility index (Phi) is 5.06. The van der Waals surface area contributed by atoms with E-state index in [0.29, 0.717) is 32.2 Å². The summed E-state index contributed by atoms with van der Waals surface area (Å²) in [5, 5.41) is 11.6. The molecule has 1 aliphatic rings. The van der Waals surface area contributed by atoms with Crippen molar-refractivity contribution < 1.29 is 19.4 Å². The van der Waals surface area contributed by atoms with E-state index in [4.69, 9.17) is 9.84 Å². The maximum absolute atomic E-state index is 11.7. The van der Waals surface area contributed by atoms with E-state index in [-0.39, 0.29) is 12.0 Å². The van der Waals surface area contributed by atoms with Gasteiger partial charge in [-0.1, -0.05) is 6.07 Å². The summed E-state index contributed by atoms with van der Waals surface area (Å²) in [7, 11) is 0. The Labute approximate surface area is 117 Å². The van der Waals surface area contributed by atoms with Gasteiger partial charge >= 0.3 is 5.97 Å². The molecule has 0 bridgehead atoms. The molecule has 1 aromatic rings. The van der Waals surface area contributed by atoms with Crippen molar-refractivity contribution in [3.05, 3.63) is 30.1 Å². The summed E-state index contributed by atoms with van der Waals surface area (Å²) in [5.41, 5.74) is 1.02. The summed E-state index contributed by atoms with van der Waals surface area (Å²) in [6.45, 7) is 0.371. The molecule has 2 atom stereocenters. The quantitative estimate of drug-likeness (QED) is 0.802. The zero-order chi connectivity index (χ0) is 14.4. The molecule has 108 valence electrons. The average Bonchev–Trinajstić information content (AvgIpc) is 2.93. The molecule has 2 heterocycles. The largest absolute Gasteiger partial charge is 0.479 e. The lowest BCUT2D eigenvalue weighted by molar-refractivity contribution is -0.149. The Hall–Kier alpha value is -1.95. The second-order valence-corrected chi connectivity index (χ2v) is 4.83. The zero-order valence-electron chi connectivity index (χ0n) is 11.1. The number of ether oxygens (including phenoxy) is 1. The number of aromatic nitrogens is 1. The van der Waals surface area contributed by atoms with Gasteiger partial charge in [0.25, 0.3) is 0 Å². The molecular weight excluding hydrogens is 260 g/mol. The van der Waals surface area contributed by atoms with Crippen LogP contribution >= 0.6 is 0 Å². The minimum atomic E-state index is -0.935. The summed E-state index contributed by atoms with van der Waals surface area (Å²) in [6.07, 6.45) is 4.71. The van der Waals surface area contributed by atoms with Crippen LogP contribution in [0.4, 0.5) is 0 Å². The molecule has 6 heteroatoms. The van der Waals surface area contributed by atoms with E-state index in [1.54, 1.807) is 12.4 Å². The number of aliphatic carboxylic acids is 1. The molecule has 0 spiro atoms. The highest BCUT2D eigenvalue weighted by atomic mass is 16.5. The third-order valence-corrected chi connectivity index (χ3v) is 3.27. The normalized spacial score (nSPS) is 21.6. The number of amides is 1. The first-order valence-corrected chi connectivity index (χ1v) is 6.69. The van der Waals surface area contributed by atoms with Gasteiger partial charge in [-0.2, -0.15) is 0 Å². The lowest BCUT2D eigenvalue weighted by Crippen LogP contribution is -2.33. The van der Waals surface area contributed by atoms with Gasteiger partial charge < -0.3 is 15.2 Å². The van der Waals surface area contributed by atoms with E-state index in [2.05, 4.69) is 10.3 Å². The van der Waals surface area contributed by atoms with Gasteiger partial charge in [-0.15, -0.1) is 0 Å². The number of carbonyl (C=O) groups is 2. The average molecular weight is 278 g/mol. The predicted molar refractivity (Wildman–Crippen MR) is 71.1 cm³/mol. The maximum atomic E-state index is 11.7. The monoisotopic (exact) mass is 278 g/mol. The van der Waals surface area contributed by atoms with Gasteiger partial charge in [-0.05, 0) is 30.9 Å². The molecule has 1 fully saturated rings. The van der Waals surface area contributed by atoms with Crippen LogP contribution in [0.3, 0.4) is 0 Å². The van der Waals surface area contributed by atoms with Gasteiger partial charge in [0.1, 0.15) is 0 Å². The molecule has 0 saturated carbocycles. The molecule has 1 saturated heterocycles. The standard InChI is InChI=1S/C14H18N2O4/c17-13(6-3-10-2-1-7-15-8-10)16-9-11-4-5-12(20-11)14(18)19/h1-2,7-8,11-12H,3-6,9H2,(H,16,17)(H,18,19). The fourth-order valence-electron chi connectivity index (χ4n) is 2.16. The number of hydrogen-bond donors (Lipinski definition) is 2. The highest BCUT2D eigenvalue weighted by Gasteiger charge is 2.30. The fraction of sp³-hybridized carbons (Fsp3) is 0.500. The Morgan fingerprint density at radius 3 is 2.95 bits per heavy atom. The van der Waals surface area contributed by atoms with Crippen LogP contribution in [0.15, 0.2) is 24.5 Å². The summed E-state index contributed by atoms with van der Waals surface area (Å²) in [4.78, 5) is 26.4. The van der Waals surface area contributed by atoms with Crippen molar-refractivity contribution >= 4 is 11.9 Å². The molecule has 20 heavy (non-hydrogen) atoms. The van der Waals surface area contributed by atoms with Crippen LogP contribution in [-0.2, 0) is 20.7 Å². The lowest BCUT2D eigenvalue weighted by Gasteiger charge is -2.12. The van der Waals surface area contributed by atoms with Gasteiger partial charge in [0.15, 0.2) is 6.10 Å². The van der Waals surface area contributed by atoms with Gasteiger partial charge in [0, 0.05) is 25.4 Å². The number of carboxylic acid groups (broad SMARTS) is 1. The minimum absolute atomic E-state index is 0.0590. The number of nitrogens with one attached hydrogen (secondary N) is 1. The molecule has 1 aromatic heterocycles. The number of nitrogens with zero attached hydrogens (tertiary/aromatic N) is 1. The van der Waals surface area contributed by atoms with Crippen molar-refractivity contribution in [3.8, 4) is 0 Å². The van der Waals surface area contributed by atoms with Gasteiger partial charge in [-0.3, -0.25) is 9.78 Å². The van der Waals surface area contributed by atoms with E-state index in [1.165, 1.54) is 0 Å². The molecule has 2 rings (SSSR count). The number of carbonyl (C=O) groups excluding carboxylic acids is 1. The van der Waals surface area contributed by atoms with Crippen LogP contribution in [0.1, 0.15) is 24.8 Å². The van der Waals surface area contributed by atoms with Crippen LogP contribution in [0.5, 0.6) is 0 Å². The third-order valence-electron chi connectivity index (χ3n) is 3.27. The van der Waals surface area contributed by atoms with Crippen molar-refractivity contribution in [2.45, 2.75) is 37.9 Å². The maximum Gasteiger partial charge on any atom is 0.332 e. The summed E-state index contributed by atoms with van der Waals surface area (Å²) in [6, 6.07) is 3.77. The molecule has 0 aromatic carbocycles. The van der Waals surface area contributed by atoms with E-state index < -0.39 is 12.1 Å². The first kappa shape index (κ1) is 14.5. The Morgan fingerprint density at radius 1 is 1.45 bits per heavy atom. The van der Waals surface area contributed by atoms with Crippen LogP contribution in [0.25, 0.3) is 0 Å². The van der Waals surface area contributed by atoms with Crippen molar-refractivity contribution in [3.63, 3.8) is 0 Å². The smallest absolute Gasteiger partial charge is 0.332 e. The second kappa shape index (κ2) is 7.00. The van der Waals surface area contributed by atoms with E-state index >= 15 is 0 Å². The van der Waals surface area contributed by atoms with E-state index in [0.717, 1.165) is 5.56 Å². The van der Waals surface area contributed by atoms with Gasteiger partial charge in [-0.25, -0.2) is 4.79 Å². The molecule has 2 N–H and O–H groups in total. The topological polar surface area (TPSA) is 88.5 Å². The molecule has 2 unspecified atom stereocenters. The predicted octanol–water partition coefficient (Wildman–Crippen LogP) is 0.763. The van der Waals surface area contributed by atoms with Gasteiger partial charge in [0.2, 0.25) is 5.91 Å². The number of pyridine rings is 1. The van der Waals surface area contributed by atoms with Crippen LogP contribution in [0.2, 0.25) is 0 Å². The van der Waals surface area contributed by atoms with Crippen LogP contribution in [-0.4, -0.2) is 40.7 Å². The SMILES string of the molecule is O=C(CCc1cccnc1)NCC1CCC(C(=O)O)O1. The molecule has 1 aliphatic heterocycles. The molecule has 0 radical (unpaired) electrons. The Morgan fingerprint density at radius 2 is 2.30 bits per heavy atom. The van der Waals surface area contributed by atoms with Crippen molar-refractivity contribution in [1.29, 1.82) is 0 Å². The summed E-state index contributed by atoms with van der Waals surface area (Å²) in [5.74, 6) is -0.994. The van der Waals surface area contributed by atoms with Crippen molar-refractivity contribution in [1.82, 2.24) is 10.3 Å². The molecule has 0 aliphatic carbocycles. The molecule has 1 amide bonds. The van der Waals surface area contributed by atoms with Gasteiger partial charge in [0.05, 0.1) is 6.10 Å². The first-order valence-electron chi connectivity index (χ1n) is 6.69. The van der Waals surface area contributed by atoms with Crippen LogP contribution in [0, 0.1) is 0 Å². The van der Waals surface area contributed by atoms with E-state index in [9.17, 15) is 9.59 Å². The number of aryl methyl sites for hydroxylation is 1. The van der Waals surface area contributed by atoms with Crippen molar-refractivity contribution in [2.75, 3.05) is 6.54 Å². The lowest BCUT2D eigenvalue weighted by atomic mass is 10.1. The molecule has 6 nitrogen and oxygen atoms in total. The van der Waals surface area contributed by atoms with Crippen molar-refractivity contribution in [2.24, 2.45) is 0 Å². The minimum Gasteiger partial charge on any atom is -0.479 e. The number of carboxylic acids is 1. The second-order valence-electron chi connectivity index (χ2n) is 4.83. The number of rotatable bonds is 6. The number of hydrogen-bond acceptors (Lipinski definition) is 4. The highest BCUT2D eigenvalue weighted by Crippen LogP contribution is 2.19. The Bertz CT molecular complexity index is 464. The van der Waals surface area contributed by atoms with E-state index in [1.807, 2.05) is 12.1 Å². The third kappa shape index (κ3) is 4.31. The first-order chi connectivity index (χ1) is 9.65. The summed E-state index contributed by atoms with van der Waals surface area (Å²) >= 11 is 0. The summed E-state index contributed by atoms with van der Waals surface area (Å²) < 4.78 is 5.31. The van der Waals surface area contributed by atoms with Crippen LogP contribution < -0.4 is 5.32 Å². The Balaban J connectivity index is 1.65. The fourth-order valence-corrected chi connectivity index (χ4v) is 2.16. The molecular formula is C14H18N2O4. The zero-order valence-corrected chi connectivity index (χ0v) is 11.1. The highest BCUT2D eigenvalue weighted by molar-refractivity contribution is 5.76.